The van der Waals surface area contributed by atoms with Gasteiger partial charge < -0.3 is 10.6 Å². The molecular weight excluding hydrogens is 367 g/mol. The Morgan fingerprint density at radius 3 is 2.55 bits per heavy atom. The topological polar surface area (TPSA) is 58.2 Å². The quantitative estimate of drug-likeness (QED) is 0.617. The third-order valence-corrected chi connectivity index (χ3v) is 4.47. The Kier molecular flexibility index (Phi) is 3.78. The van der Waals surface area contributed by atoms with E-state index < -0.39 is 10.9 Å². The molecule has 2 aromatic carbocycles. The lowest BCUT2D eigenvalue weighted by molar-refractivity contribution is 0.333. The van der Waals surface area contributed by atoms with Crippen molar-refractivity contribution in [1.82, 2.24) is 0 Å². The Hall–Kier alpha value is -1.37. The van der Waals surface area contributed by atoms with Gasteiger partial charge in [-0.15, -0.1) is 0 Å². The molecule has 3 rings (SSSR count). The summed E-state index contributed by atoms with van der Waals surface area (Å²) >= 11 is 2.21. The summed E-state index contributed by atoms with van der Waals surface area (Å²) in [5.41, 5.74) is 0.838. The average Bonchev–Trinajstić information content (AvgIpc) is 2.39. The highest BCUT2D eigenvalue weighted by molar-refractivity contribution is 14.1. The number of nitrogens with one attached hydrogen (secondary N) is 2. The minimum absolute atomic E-state index is 0.399. The molecule has 0 heterocycles. The fourth-order valence-electron chi connectivity index (χ4n) is 2.33. The van der Waals surface area contributed by atoms with E-state index in [0.29, 0.717) is 17.3 Å². The highest BCUT2D eigenvalue weighted by Gasteiger charge is 2.23. The van der Waals surface area contributed by atoms with E-state index in [1.165, 1.54) is 19.3 Å². The second-order valence-corrected chi connectivity index (χ2v) is 6.47. The van der Waals surface area contributed by atoms with Gasteiger partial charge in [0.25, 0.3) is 10.9 Å². The SMILES string of the molecule is O=c1c(NCC2CCC2)c(Nc2cccc(I)c2)c1=O. The largest absolute Gasteiger partial charge is 0.380 e. The third kappa shape index (κ3) is 2.59. The Balaban J connectivity index is 1.74. The van der Waals surface area contributed by atoms with Gasteiger partial charge >= 0.3 is 0 Å². The molecule has 0 amide bonds. The van der Waals surface area contributed by atoms with Crippen molar-refractivity contribution in [2.75, 3.05) is 17.2 Å². The minimum Gasteiger partial charge on any atom is -0.380 e. The minimum atomic E-state index is -0.431. The van der Waals surface area contributed by atoms with Gasteiger partial charge in [0.15, 0.2) is 0 Å². The number of anilines is 3. The highest BCUT2D eigenvalue weighted by Crippen LogP contribution is 2.28. The molecule has 0 spiro atoms. The van der Waals surface area contributed by atoms with Gasteiger partial charge in [0.05, 0.1) is 0 Å². The van der Waals surface area contributed by atoms with Gasteiger partial charge in [-0.3, -0.25) is 9.59 Å². The highest BCUT2D eigenvalue weighted by atomic mass is 127. The van der Waals surface area contributed by atoms with Gasteiger partial charge in [-0.2, -0.15) is 0 Å². The maximum absolute atomic E-state index is 11.7. The summed E-state index contributed by atoms with van der Waals surface area (Å²) in [4.78, 5) is 23.3. The average molecular weight is 382 g/mol. The van der Waals surface area contributed by atoms with Crippen LogP contribution in [-0.2, 0) is 0 Å². The molecule has 1 fully saturated rings. The fourth-order valence-corrected chi connectivity index (χ4v) is 2.88. The number of hydrogen-bond donors (Lipinski definition) is 2. The van der Waals surface area contributed by atoms with Crippen molar-refractivity contribution >= 4 is 39.7 Å². The zero-order chi connectivity index (χ0) is 14.1. The van der Waals surface area contributed by atoms with Crippen molar-refractivity contribution < 1.29 is 0 Å². The van der Waals surface area contributed by atoms with Gasteiger partial charge in [-0.1, -0.05) is 12.5 Å². The Morgan fingerprint density at radius 1 is 1.15 bits per heavy atom. The second-order valence-electron chi connectivity index (χ2n) is 5.22. The molecule has 1 saturated carbocycles. The van der Waals surface area contributed by atoms with Crippen LogP contribution < -0.4 is 21.5 Å². The van der Waals surface area contributed by atoms with Crippen LogP contribution in [0.5, 0.6) is 0 Å². The van der Waals surface area contributed by atoms with E-state index >= 15 is 0 Å². The maximum Gasteiger partial charge on any atom is 0.253 e. The van der Waals surface area contributed by atoms with Crippen molar-refractivity contribution in [2.24, 2.45) is 5.92 Å². The Morgan fingerprint density at radius 2 is 1.90 bits per heavy atom. The maximum atomic E-state index is 11.7. The second kappa shape index (κ2) is 5.55. The smallest absolute Gasteiger partial charge is 0.253 e. The summed E-state index contributed by atoms with van der Waals surface area (Å²) in [5.74, 6) is 0.643. The molecule has 0 aromatic heterocycles. The number of hydrogen-bond acceptors (Lipinski definition) is 4. The van der Waals surface area contributed by atoms with Crippen LogP contribution >= 0.6 is 22.6 Å². The summed E-state index contributed by atoms with van der Waals surface area (Å²) in [5, 5.41) is 6.18. The van der Waals surface area contributed by atoms with Crippen molar-refractivity contribution in [3.05, 3.63) is 48.3 Å². The molecule has 2 aromatic rings. The normalized spacial score (nSPS) is 15.1. The van der Waals surface area contributed by atoms with E-state index in [1.807, 2.05) is 24.3 Å². The fraction of sp³-hybridized carbons (Fsp3) is 0.333. The lowest BCUT2D eigenvalue weighted by atomic mass is 9.85. The molecule has 1 aliphatic rings. The van der Waals surface area contributed by atoms with Gasteiger partial charge in [0.1, 0.15) is 11.4 Å². The summed E-state index contributed by atoms with van der Waals surface area (Å²) in [7, 11) is 0. The Bertz CT molecular complexity index is 700. The van der Waals surface area contributed by atoms with E-state index in [0.717, 1.165) is 15.8 Å². The summed E-state index contributed by atoms with van der Waals surface area (Å²) in [6.07, 6.45) is 3.69. The van der Waals surface area contributed by atoms with Crippen molar-refractivity contribution in [2.45, 2.75) is 19.3 Å². The monoisotopic (exact) mass is 382 g/mol. The molecule has 0 unspecified atom stereocenters. The molecule has 104 valence electrons. The molecule has 2 N–H and O–H groups in total. The lowest BCUT2D eigenvalue weighted by Crippen LogP contribution is -2.38. The van der Waals surface area contributed by atoms with Gasteiger partial charge in [0, 0.05) is 15.8 Å². The summed E-state index contributed by atoms with van der Waals surface area (Å²) < 4.78 is 1.08. The van der Waals surface area contributed by atoms with Crippen molar-refractivity contribution in [3.8, 4) is 0 Å². The van der Waals surface area contributed by atoms with E-state index in [1.54, 1.807) is 0 Å². The molecule has 20 heavy (non-hydrogen) atoms. The van der Waals surface area contributed by atoms with Crippen LogP contribution in [-0.4, -0.2) is 6.54 Å². The zero-order valence-electron chi connectivity index (χ0n) is 10.9. The van der Waals surface area contributed by atoms with Gasteiger partial charge in [0.2, 0.25) is 0 Å². The van der Waals surface area contributed by atoms with E-state index in [2.05, 4.69) is 33.2 Å². The van der Waals surface area contributed by atoms with E-state index in [4.69, 9.17) is 0 Å². The van der Waals surface area contributed by atoms with E-state index in [9.17, 15) is 9.59 Å². The molecular formula is C15H15IN2O2. The van der Waals surface area contributed by atoms with Crippen LogP contribution in [0.25, 0.3) is 0 Å². The van der Waals surface area contributed by atoms with E-state index in [-0.39, 0.29) is 0 Å². The van der Waals surface area contributed by atoms with Crippen LogP contribution in [0.15, 0.2) is 33.9 Å². The van der Waals surface area contributed by atoms with Crippen LogP contribution in [0, 0.1) is 9.49 Å². The molecule has 0 saturated heterocycles. The first-order valence-corrected chi connectivity index (χ1v) is 7.83. The molecule has 0 atom stereocenters. The van der Waals surface area contributed by atoms with Crippen molar-refractivity contribution in [3.63, 3.8) is 0 Å². The first-order valence-electron chi connectivity index (χ1n) is 6.75. The first kappa shape index (κ1) is 13.6. The standard InChI is InChI=1S/C15H15IN2O2/c16-10-5-2-6-11(7-10)18-13-12(14(19)15(13)20)17-8-9-3-1-4-9/h2,5-7,9,17-18H,1,3-4,8H2. The molecule has 1 aliphatic carbocycles. The summed E-state index contributed by atoms with van der Waals surface area (Å²) in [6.45, 7) is 0.784. The van der Waals surface area contributed by atoms with Crippen LogP contribution in [0.3, 0.4) is 0 Å². The number of halogens is 1. The van der Waals surface area contributed by atoms with Crippen molar-refractivity contribution in [1.29, 1.82) is 0 Å². The number of benzene rings is 1. The molecule has 0 aliphatic heterocycles. The van der Waals surface area contributed by atoms with Gasteiger partial charge in [-0.25, -0.2) is 0 Å². The predicted molar refractivity (Wildman–Crippen MR) is 89.6 cm³/mol. The van der Waals surface area contributed by atoms with Crippen LogP contribution in [0.4, 0.5) is 17.1 Å². The predicted octanol–water partition coefficient (Wildman–Crippen LogP) is 2.84. The zero-order valence-corrected chi connectivity index (χ0v) is 13.1. The summed E-state index contributed by atoms with van der Waals surface area (Å²) in [6, 6.07) is 7.71. The molecule has 5 heteroatoms. The molecule has 0 radical (unpaired) electrons. The third-order valence-electron chi connectivity index (χ3n) is 3.80. The Labute approximate surface area is 130 Å². The van der Waals surface area contributed by atoms with Crippen LogP contribution in [0.2, 0.25) is 0 Å². The van der Waals surface area contributed by atoms with Crippen LogP contribution in [0.1, 0.15) is 19.3 Å². The molecule has 4 nitrogen and oxygen atoms in total. The number of rotatable bonds is 5. The lowest BCUT2D eigenvalue weighted by Gasteiger charge is -2.26. The van der Waals surface area contributed by atoms with Gasteiger partial charge in [-0.05, 0) is 59.5 Å². The first-order chi connectivity index (χ1) is 9.65. The molecule has 0 bridgehead atoms.